The number of benzene rings is 2. The fourth-order valence-electron chi connectivity index (χ4n) is 3.17. The molecule has 2 amide bonds. The molecule has 5 nitrogen and oxygen atoms in total. The summed E-state index contributed by atoms with van der Waals surface area (Å²) in [5.41, 5.74) is 2.23. The SMILES string of the molecule is O=C(Nc1cccc(NC(=O)C2(c3ccc(Cl)cc3)CC2)c1)c1ccncc1. The molecule has 140 valence electrons. The Morgan fingerprint density at radius 3 is 2.18 bits per heavy atom. The Morgan fingerprint density at radius 1 is 0.893 bits per heavy atom. The maximum atomic E-state index is 12.9. The van der Waals surface area contributed by atoms with Gasteiger partial charge in [-0.2, -0.15) is 0 Å². The number of amides is 2. The van der Waals surface area contributed by atoms with Crippen molar-refractivity contribution in [2.24, 2.45) is 0 Å². The smallest absolute Gasteiger partial charge is 0.255 e. The van der Waals surface area contributed by atoms with E-state index in [-0.39, 0.29) is 11.8 Å². The van der Waals surface area contributed by atoms with Crippen LogP contribution in [0.2, 0.25) is 5.02 Å². The van der Waals surface area contributed by atoms with Gasteiger partial charge in [-0.25, -0.2) is 0 Å². The Hall–Kier alpha value is -3.18. The third kappa shape index (κ3) is 3.75. The average molecular weight is 392 g/mol. The highest BCUT2D eigenvalue weighted by Crippen LogP contribution is 2.49. The van der Waals surface area contributed by atoms with Crippen molar-refractivity contribution in [3.8, 4) is 0 Å². The first-order chi connectivity index (χ1) is 13.6. The minimum Gasteiger partial charge on any atom is -0.325 e. The molecule has 1 fully saturated rings. The number of nitrogens with one attached hydrogen (secondary N) is 2. The minimum absolute atomic E-state index is 0.0487. The van der Waals surface area contributed by atoms with Crippen LogP contribution >= 0.6 is 11.6 Å². The van der Waals surface area contributed by atoms with Crippen LogP contribution in [0.5, 0.6) is 0 Å². The van der Waals surface area contributed by atoms with Crippen molar-refractivity contribution in [1.29, 1.82) is 0 Å². The summed E-state index contributed by atoms with van der Waals surface area (Å²) in [6.07, 6.45) is 4.74. The molecule has 0 atom stereocenters. The molecule has 1 saturated carbocycles. The van der Waals surface area contributed by atoms with E-state index in [2.05, 4.69) is 15.6 Å². The predicted octanol–water partition coefficient (Wildman–Crippen LogP) is 4.66. The van der Waals surface area contributed by atoms with Gasteiger partial charge in [0.2, 0.25) is 5.91 Å². The van der Waals surface area contributed by atoms with Crippen molar-refractivity contribution in [3.63, 3.8) is 0 Å². The summed E-state index contributed by atoms with van der Waals surface area (Å²) in [5, 5.41) is 6.46. The third-order valence-electron chi connectivity index (χ3n) is 4.90. The molecule has 1 aliphatic carbocycles. The van der Waals surface area contributed by atoms with Gasteiger partial charge in [-0.05, 0) is 60.9 Å². The van der Waals surface area contributed by atoms with Crippen LogP contribution in [0.4, 0.5) is 11.4 Å². The zero-order valence-corrected chi connectivity index (χ0v) is 15.7. The monoisotopic (exact) mass is 391 g/mol. The van der Waals surface area contributed by atoms with Crippen LogP contribution in [0.3, 0.4) is 0 Å². The van der Waals surface area contributed by atoms with E-state index >= 15 is 0 Å². The van der Waals surface area contributed by atoms with E-state index in [1.54, 1.807) is 60.9 Å². The molecule has 4 rings (SSSR count). The van der Waals surface area contributed by atoms with Gasteiger partial charge in [-0.3, -0.25) is 14.6 Å². The van der Waals surface area contributed by atoms with E-state index in [0.29, 0.717) is 22.0 Å². The second kappa shape index (κ2) is 7.44. The Morgan fingerprint density at radius 2 is 1.54 bits per heavy atom. The molecule has 0 bridgehead atoms. The summed E-state index contributed by atoms with van der Waals surface area (Å²) in [7, 11) is 0. The molecule has 2 aromatic carbocycles. The number of hydrogen-bond donors (Lipinski definition) is 2. The molecule has 0 aliphatic heterocycles. The Labute approximate surface area is 167 Å². The van der Waals surface area contributed by atoms with Crippen molar-refractivity contribution in [1.82, 2.24) is 4.98 Å². The predicted molar refractivity (Wildman–Crippen MR) is 110 cm³/mol. The van der Waals surface area contributed by atoms with Gasteiger partial charge in [0.05, 0.1) is 5.41 Å². The number of rotatable bonds is 5. The van der Waals surface area contributed by atoms with E-state index < -0.39 is 5.41 Å². The van der Waals surface area contributed by atoms with Gasteiger partial charge in [-0.1, -0.05) is 29.8 Å². The van der Waals surface area contributed by atoms with Crippen LogP contribution < -0.4 is 10.6 Å². The molecule has 0 unspecified atom stereocenters. The molecule has 1 aliphatic rings. The fraction of sp³-hybridized carbons (Fsp3) is 0.136. The summed E-state index contributed by atoms with van der Waals surface area (Å²) in [4.78, 5) is 29.1. The van der Waals surface area contributed by atoms with Gasteiger partial charge in [0.1, 0.15) is 0 Å². The zero-order valence-electron chi connectivity index (χ0n) is 15.0. The molecule has 1 heterocycles. The topological polar surface area (TPSA) is 71.1 Å². The van der Waals surface area contributed by atoms with E-state index in [1.165, 1.54) is 0 Å². The van der Waals surface area contributed by atoms with Crippen LogP contribution in [0.15, 0.2) is 73.1 Å². The standard InChI is InChI=1S/C22H18ClN3O2/c23-17-6-4-16(5-7-17)22(10-11-22)21(28)26-19-3-1-2-18(14-19)25-20(27)15-8-12-24-13-9-15/h1-9,12-14H,10-11H2,(H,25,27)(H,26,28). The third-order valence-corrected chi connectivity index (χ3v) is 5.15. The molecule has 0 spiro atoms. The number of nitrogens with zero attached hydrogens (tertiary/aromatic N) is 1. The minimum atomic E-state index is -0.499. The van der Waals surface area contributed by atoms with Crippen LogP contribution in [-0.2, 0) is 10.2 Å². The molecule has 6 heteroatoms. The lowest BCUT2D eigenvalue weighted by molar-refractivity contribution is -0.118. The van der Waals surface area contributed by atoms with Gasteiger partial charge in [0, 0.05) is 34.4 Å². The second-order valence-electron chi connectivity index (χ2n) is 6.81. The first-order valence-electron chi connectivity index (χ1n) is 8.96. The lowest BCUT2D eigenvalue weighted by atomic mass is 9.95. The maximum Gasteiger partial charge on any atom is 0.255 e. The fourth-order valence-corrected chi connectivity index (χ4v) is 3.30. The van der Waals surface area contributed by atoms with Crippen molar-refractivity contribution < 1.29 is 9.59 Å². The van der Waals surface area contributed by atoms with Gasteiger partial charge in [0.25, 0.3) is 5.91 Å². The number of pyridine rings is 1. The van der Waals surface area contributed by atoms with Crippen LogP contribution in [0.25, 0.3) is 0 Å². The number of halogens is 1. The van der Waals surface area contributed by atoms with E-state index in [1.807, 2.05) is 12.1 Å². The normalized spacial score (nSPS) is 14.2. The number of aromatic nitrogens is 1. The van der Waals surface area contributed by atoms with Crippen LogP contribution in [0, 0.1) is 0 Å². The lowest BCUT2D eigenvalue weighted by Crippen LogP contribution is -2.27. The van der Waals surface area contributed by atoms with E-state index in [4.69, 9.17) is 11.6 Å². The largest absolute Gasteiger partial charge is 0.325 e. The van der Waals surface area contributed by atoms with Crippen molar-refractivity contribution >= 4 is 34.8 Å². The highest BCUT2D eigenvalue weighted by molar-refractivity contribution is 6.30. The highest BCUT2D eigenvalue weighted by Gasteiger charge is 2.51. The molecular weight excluding hydrogens is 374 g/mol. The van der Waals surface area contributed by atoms with E-state index in [9.17, 15) is 9.59 Å². The summed E-state index contributed by atoms with van der Waals surface area (Å²) in [6, 6.07) is 17.8. The summed E-state index contributed by atoms with van der Waals surface area (Å²) < 4.78 is 0. The number of carbonyl (C=O) groups is 2. The molecular formula is C22H18ClN3O2. The average Bonchev–Trinajstić information content (AvgIpc) is 3.51. The van der Waals surface area contributed by atoms with Crippen molar-refractivity contribution in [2.45, 2.75) is 18.3 Å². The van der Waals surface area contributed by atoms with Crippen LogP contribution in [0.1, 0.15) is 28.8 Å². The van der Waals surface area contributed by atoms with Gasteiger partial charge in [0.15, 0.2) is 0 Å². The number of carbonyl (C=O) groups excluding carboxylic acids is 2. The van der Waals surface area contributed by atoms with Gasteiger partial charge in [-0.15, -0.1) is 0 Å². The number of anilines is 2. The number of hydrogen-bond acceptors (Lipinski definition) is 3. The molecule has 3 aromatic rings. The van der Waals surface area contributed by atoms with Gasteiger partial charge < -0.3 is 10.6 Å². The summed E-state index contributed by atoms with van der Waals surface area (Å²) in [6.45, 7) is 0. The first-order valence-corrected chi connectivity index (χ1v) is 9.34. The van der Waals surface area contributed by atoms with Gasteiger partial charge >= 0.3 is 0 Å². The molecule has 1 aromatic heterocycles. The summed E-state index contributed by atoms with van der Waals surface area (Å²) in [5.74, 6) is -0.280. The highest BCUT2D eigenvalue weighted by atomic mass is 35.5. The molecule has 28 heavy (non-hydrogen) atoms. The Balaban J connectivity index is 1.47. The Bertz CT molecular complexity index is 1020. The van der Waals surface area contributed by atoms with Crippen molar-refractivity contribution in [2.75, 3.05) is 10.6 Å². The second-order valence-corrected chi connectivity index (χ2v) is 7.25. The molecule has 0 saturated heterocycles. The Kier molecular flexibility index (Phi) is 4.84. The van der Waals surface area contributed by atoms with Crippen molar-refractivity contribution in [3.05, 3.63) is 89.2 Å². The zero-order chi connectivity index (χ0) is 19.6. The van der Waals surface area contributed by atoms with Crippen LogP contribution in [-0.4, -0.2) is 16.8 Å². The molecule has 2 N–H and O–H groups in total. The summed E-state index contributed by atoms with van der Waals surface area (Å²) >= 11 is 5.96. The maximum absolute atomic E-state index is 12.9. The molecule has 0 radical (unpaired) electrons. The quantitative estimate of drug-likeness (QED) is 0.664. The lowest BCUT2D eigenvalue weighted by Gasteiger charge is -2.16. The van der Waals surface area contributed by atoms with E-state index in [0.717, 1.165) is 18.4 Å². The first kappa shape index (κ1) is 18.2.